The molecule has 1 N–H and O–H groups in total. The normalized spacial score (nSPS) is 15.2. The fourth-order valence-corrected chi connectivity index (χ4v) is 3.94. The Bertz CT molecular complexity index is 1030. The molecule has 2 aromatic rings. The molecule has 1 aliphatic rings. The number of carbonyl (C=O) groups is 2. The van der Waals surface area contributed by atoms with Crippen LogP contribution in [0.2, 0.25) is 0 Å². The second-order valence-electron chi connectivity index (χ2n) is 7.39. The van der Waals surface area contributed by atoms with Gasteiger partial charge in [-0.25, -0.2) is 0 Å². The van der Waals surface area contributed by atoms with Gasteiger partial charge in [0.15, 0.2) is 11.5 Å². The van der Waals surface area contributed by atoms with E-state index in [0.29, 0.717) is 42.3 Å². The second kappa shape index (κ2) is 10.6. The van der Waals surface area contributed by atoms with Gasteiger partial charge in [0, 0.05) is 18.3 Å². The van der Waals surface area contributed by atoms with Crippen molar-refractivity contribution in [2.45, 2.75) is 25.8 Å². The zero-order valence-electron chi connectivity index (χ0n) is 18.5. The van der Waals surface area contributed by atoms with Crippen molar-refractivity contribution < 1.29 is 23.8 Å². The number of carbonyl (C=O) groups excluding carboxylic acids is 2. The van der Waals surface area contributed by atoms with Crippen LogP contribution in [0.15, 0.2) is 36.4 Å². The Kier molecular flexibility index (Phi) is 7.68. The summed E-state index contributed by atoms with van der Waals surface area (Å²) in [5.74, 6) is 0.648. The molecule has 0 saturated heterocycles. The molecule has 0 aliphatic carbocycles. The number of amides is 1. The number of methoxy groups -OCH3 is 2. The minimum atomic E-state index is -0.339. The topological polar surface area (TPSA) is 101 Å². The van der Waals surface area contributed by atoms with Crippen LogP contribution in [0.4, 0.5) is 5.69 Å². The van der Waals surface area contributed by atoms with Crippen LogP contribution >= 0.6 is 0 Å². The van der Waals surface area contributed by atoms with Crippen molar-refractivity contribution in [3.05, 3.63) is 53.1 Å². The highest BCUT2D eigenvalue weighted by atomic mass is 16.5. The van der Waals surface area contributed by atoms with E-state index in [-0.39, 0.29) is 30.9 Å². The minimum absolute atomic E-state index is 0.0919. The lowest BCUT2D eigenvalue weighted by molar-refractivity contribution is -0.145. The summed E-state index contributed by atoms with van der Waals surface area (Å²) in [4.78, 5) is 27.1. The van der Waals surface area contributed by atoms with Crippen LogP contribution in [0, 0.1) is 11.3 Å². The minimum Gasteiger partial charge on any atom is -0.493 e. The fourth-order valence-electron chi connectivity index (χ4n) is 3.94. The van der Waals surface area contributed by atoms with Crippen molar-refractivity contribution in [3.63, 3.8) is 0 Å². The molecule has 8 nitrogen and oxygen atoms in total. The molecule has 32 heavy (non-hydrogen) atoms. The third kappa shape index (κ3) is 5.37. The average molecular weight is 437 g/mol. The van der Waals surface area contributed by atoms with Gasteiger partial charge in [0.2, 0.25) is 5.91 Å². The molecule has 0 unspecified atom stereocenters. The molecule has 0 radical (unpaired) electrons. The molecule has 0 aromatic heterocycles. The first kappa shape index (κ1) is 23.1. The lowest BCUT2D eigenvalue weighted by Crippen LogP contribution is -2.41. The quantitative estimate of drug-likeness (QED) is 0.634. The molecule has 1 atom stereocenters. The maximum Gasteiger partial charge on any atom is 0.307 e. The smallest absolute Gasteiger partial charge is 0.307 e. The number of rotatable bonds is 8. The van der Waals surface area contributed by atoms with E-state index in [2.05, 4.69) is 11.4 Å². The summed E-state index contributed by atoms with van der Waals surface area (Å²) < 4.78 is 16.1. The molecule has 1 amide bonds. The van der Waals surface area contributed by atoms with Crippen LogP contribution in [0.3, 0.4) is 0 Å². The fraction of sp³-hybridized carbons (Fsp3) is 0.375. The molecule has 2 aromatic carbocycles. The number of hydrogen-bond donors (Lipinski definition) is 1. The van der Waals surface area contributed by atoms with Crippen molar-refractivity contribution >= 4 is 17.6 Å². The van der Waals surface area contributed by atoms with Crippen molar-refractivity contribution in [1.82, 2.24) is 4.90 Å². The highest BCUT2D eigenvalue weighted by Crippen LogP contribution is 2.39. The van der Waals surface area contributed by atoms with E-state index in [0.717, 1.165) is 11.1 Å². The average Bonchev–Trinajstić information content (AvgIpc) is 2.79. The summed E-state index contributed by atoms with van der Waals surface area (Å²) in [6, 6.07) is 12.3. The number of benzene rings is 2. The zero-order valence-corrected chi connectivity index (χ0v) is 18.5. The van der Waals surface area contributed by atoms with E-state index in [1.807, 2.05) is 17.0 Å². The summed E-state index contributed by atoms with van der Waals surface area (Å²) in [7, 11) is 3.15. The third-order valence-electron chi connectivity index (χ3n) is 5.40. The largest absolute Gasteiger partial charge is 0.493 e. The van der Waals surface area contributed by atoms with Gasteiger partial charge in [0.25, 0.3) is 0 Å². The zero-order chi connectivity index (χ0) is 23.1. The molecule has 8 heteroatoms. The van der Waals surface area contributed by atoms with Crippen LogP contribution in [-0.4, -0.2) is 50.7 Å². The van der Waals surface area contributed by atoms with Crippen LogP contribution in [0.25, 0.3) is 0 Å². The Morgan fingerprint density at radius 1 is 1.19 bits per heavy atom. The maximum absolute atomic E-state index is 12.8. The predicted octanol–water partition coefficient (Wildman–Crippen LogP) is 3.07. The summed E-state index contributed by atoms with van der Waals surface area (Å²) in [6.45, 7) is 2.74. The number of nitriles is 1. The van der Waals surface area contributed by atoms with Gasteiger partial charge in [0.05, 0.1) is 45.4 Å². The van der Waals surface area contributed by atoms with E-state index in [4.69, 9.17) is 19.5 Å². The van der Waals surface area contributed by atoms with E-state index in [1.54, 1.807) is 45.4 Å². The molecule has 0 bridgehead atoms. The Hall–Kier alpha value is -3.57. The van der Waals surface area contributed by atoms with Gasteiger partial charge in [-0.2, -0.15) is 5.26 Å². The number of anilines is 1. The summed E-state index contributed by atoms with van der Waals surface area (Å²) in [5, 5.41) is 11.9. The SMILES string of the molecule is CCOC(=O)C[C@@H]1c2cc(OC)c(OC)cc2CCN1CC(=O)Nc1cccc(C#N)c1. The molecular formula is C24H27N3O5. The van der Waals surface area contributed by atoms with Crippen molar-refractivity contribution in [1.29, 1.82) is 5.26 Å². The van der Waals surface area contributed by atoms with Gasteiger partial charge in [-0.1, -0.05) is 6.07 Å². The molecule has 0 fully saturated rings. The van der Waals surface area contributed by atoms with Gasteiger partial charge >= 0.3 is 5.97 Å². The van der Waals surface area contributed by atoms with E-state index in [1.165, 1.54) is 0 Å². The first-order valence-corrected chi connectivity index (χ1v) is 10.4. The van der Waals surface area contributed by atoms with Gasteiger partial charge in [-0.15, -0.1) is 0 Å². The van der Waals surface area contributed by atoms with Crippen LogP contribution in [-0.2, 0) is 20.7 Å². The Morgan fingerprint density at radius 3 is 2.62 bits per heavy atom. The Balaban J connectivity index is 1.84. The first-order valence-electron chi connectivity index (χ1n) is 10.4. The molecule has 1 aliphatic heterocycles. The Morgan fingerprint density at radius 2 is 1.94 bits per heavy atom. The van der Waals surface area contributed by atoms with E-state index in [9.17, 15) is 9.59 Å². The molecule has 0 saturated carbocycles. The van der Waals surface area contributed by atoms with Gasteiger partial charge in [-0.3, -0.25) is 14.5 Å². The van der Waals surface area contributed by atoms with Crippen LogP contribution < -0.4 is 14.8 Å². The molecule has 3 rings (SSSR count). The number of fused-ring (bicyclic) bond motifs is 1. The lowest BCUT2D eigenvalue weighted by Gasteiger charge is -2.37. The standard InChI is InChI=1S/C24H27N3O5/c1-4-32-24(29)13-20-19-12-22(31-3)21(30-2)11-17(19)8-9-27(20)15-23(28)26-18-7-5-6-16(10-18)14-25/h5-7,10-12,20H,4,8-9,13,15H2,1-3H3,(H,26,28)/t20-/m1/s1. The lowest BCUT2D eigenvalue weighted by atomic mass is 9.90. The van der Waals surface area contributed by atoms with Crippen molar-refractivity contribution in [2.24, 2.45) is 0 Å². The van der Waals surface area contributed by atoms with Gasteiger partial charge < -0.3 is 19.5 Å². The molecule has 1 heterocycles. The van der Waals surface area contributed by atoms with Gasteiger partial charge in [-0.05, 0) is 54.8 Å². The number of hydrogen-bond acceptors (Lipinski definition) is 7. The number of ether oxygens (including phenoxy) is 3. The van der Waals surface area contributed by atoms with E-state index < -0.39 is 0 Å². The highest BCUT2D eigenvalue weighted by molar-refractivity contribution is 5.92. The molecular weight excluding hydrogens is 410 g/mol. The summed E-state index contributed by atoms with van der Waals surface area (Å²) in [6.07, 6.45) is 0.819. The van der Waals surface area contributed by atoms with Gasteiger partial charge in [0.1, 0.15) is 0 Å². The monoisotopic (exact) mass is 437 g/mol. The first-order chi connectivity index (χ1) is 15.5. The predicted molar refractivity (Wildman–Crippen MR) is 119 cm³/mol. The van der Waals surface area contributed by atoms with E-state index >= 15 is 0 Å². The van der Waals surface area contributed by atoms with Crippen LogP contribution in [0.1, 0.15) is 36.1 Å². The molecule has 0 spiro atoms. The maximum atomic E-state index is 12.8. The highest BCUT2D eigenvalue weighted by Gasteiger charge is 2.32. The summed E-state index contributed by atoms with van der Waals surface area (Å²) >= 11 is 0. The van der Waals surface area contributed by atoms with Crippen LogP contribution in [0.5, 0.6) is 11.5 Å². The number of nitrogens with zero attached hydrogens (tertiary/aromatic N) is 2. The second-order valence-corrected chi connectivity index (χ2v) is 7.39. The number of esters is 1. The molecule has 168 valence electrons. The third-order valence-corrected chi connectivity index (χ3v) is 5.40. The summed E-state index contributed by atoms with van der Waals surface area (Å²) in [5.41, 5.74) is 2.99. The van der Waals surface area contributed by atoms with Crippen molar-refractivity contribution in [2.75, 3.05) is 39.2 Å². The Labute approximate surface area is 187 Å². The number of nitrogens with one attached hydrogen (secondary N) is 1. The van der Waals surface area contributed by atoms with Crippen molar-refractivity contribution in [3.8, 4) is 17.6 Å².